The van der Waals surface area contributed by atoms with Crippen LogP contribution in [0.4, 0.5) is 0 Å². The Labute approximate surface area is 135 Å². The highest BCUT2D eigenvalue weighted by atomic mass is 32.2. The topological polar surface area (TPSA) is 107 Å². The molecule has 0 spiro atoms. The van der Waals surface area contributed by atoms with Crippen molar-refractivity contribution in [2.24, 2.45) is 0 Å². The van der Waals surface area contributed by atoms with Crippen molar-refractivity contribution in [1.82, 2.24) is 5.32 Å². The van der Waals surface area contributed by atoms with Crippen LogP contribution in [0, 0.1) is 25.2 Å². The van der Waals surface area contributed by atoms with Crippen molar-refractivity contribution in [3.63, 3.8) is 0 Å². The van der Waals surface area contributed by atoms with Crippen LogP contribution in [0.2, 0.25) is 0 Å². The first kappa shape index (κ1) is 17.0. The van der Waals surface area contributed by atoms with Gasteiger partial charge in [-0.1, -0.05) is 0 Å². The van der Waals surface area contributed by atoms with Gasteiger partial charge in [-0.2, -0.15) is 5.26 Å². The second-order valence-electron chi connectivity index (χ2n) is 5.75. The summed E-state index contributed by atoms with van der Waals surface area (Å²) in [5.74, 6) is -0.436. The molecular formula is C16H18N2O4S. The first-order valence-corrected chi connectivity index (χ1v) is 8.97. The van der Waals surface area contributed by atoms with Crippen LogP contribution in [0.3, 0.4) is 0 Å². The molecule has 2 N–H and O–H groups in total. The first-order valence-electron chi connectivity index (χ1n) is 7.15. The van der Waals surface area contributed by atoms with E-state index < -0.39 is 21.8 Å². The number of aryl methyl sites for hydroxylation is 2. The lowest BCUT2D eigenvalue weighted by Gasteiger charge is -2.10. The lowest BCUT2D eigenvalue weighted by molar-refractivity contribution is -0.117. The number of nitriles is 1. The van der Waals surface area contributed by atoms with Gasteiger partial charge in [0.05, 0.1) is 11.5 Å². The third-order valence-corrected chi connectivity index (χ3v) is 5.53. The summed E-state index contributed by atoms with van der Waals surface area (Å²) in [5.41, 5.74) is 1.83. The third-order valence-electron chi connectivity index (χ3n) is 3.76. The summed E-state index contributed by atoms with van der Waals surface area (Å²) in [5, 5.41) is 21.5. The number of nitrogens with zero attached hydrogens (tertiary/aromatic N) is 1. The Balaban J connectivity index is 2.19. The Kier molecular flexibility index (Phi) is 4.76. The molecule has 7 heteroatoms. The third kappa shape index (κ3) is 4.11. The second-order valence-corrected chi connectivity index (χ2v) is 7.98. The van der Waals surface area contributed by atoms with Crippen LogP contribution in [-0.4, -0.2) is 37.0 Å². The number of nitrogens with one attached hydrogen (secondary N) is 1. The highest BCUT2D eigenvalue weighted by Gasteiger charge is 2.29. The number of carbonyl (C=O) groups is 1. The molecule has 1 aliphatic rings. The van der Waals surface area contributed by atoms with Crippen molar-refractivity contribution < 1.29 is 18.3 Å². The molecule has 1 saturated heterocycles. The summed E-state index contributed by atoms with van der Waals surface area (Å²) in [6.45, 7) is 3.46. The van der Waals surface area contributed by atoms with E-state index in [9.17, 15) is 23.6 Å². The average Bonchev–Trinajstić information content (AvgIpc) is 2.80. The maximum atomic E-state index is 12.1. The van der Waals surface area contributed by atoms with Gasteiger partial charge >= 0.3 is 0 Å². The number of carbonyl (C=O) groups excluding carboxylic acids is 1. The lowest BCUT2D eigenvalue weighted by Crippen LogP contribution is -2.36. The number of aromatic hydroxyl groups is 1. The Morgan fingerprint density at radius 3 is 2.48 bits per heavy atom. The fourth-order valence-electron chi connectivity index (χ4n) is 2.56. The van der Waals surface area contributed by atoms with E-state index in [1.165, 1.54) is 6.08 Å². The van der Waals surface area contributed by atoms with E-state index in [1.54, 1.807) is 26.0 Å². The summed E-state index contributed by atoms with van der Waals surface area (Å²) < 4.78 is 22.8. The van der Waals surface area contributed by atoms with Gasteiger partial charge in [-0.15, -0.1) is 0 Å². The number of hydrogen-bond donors (Lipinski definition) is 2. The van der Waals surface area contributed by atoms with Crippen molar-refractivity contribution in [3.05, 3.63) is 34.4 Å². The van der Waals surface area contributed by atoms with Crippen LogP contribution in [0.25, 0.3) is 6.08 Å². The van der Waals surface area contributed by atoms with Gasteiger partial charge in [0.25, 0.3) is 5.91 Å². The van der Waals surface area contributed by atoms with Crippen LogP contribution in [0.15, 0.2) is 17.7 Å². The second kappa shape index (κ2) is 6.42. The van der Waals surface area contributed by atoms with Crippen molar-refractivity contribution in [2.75, 3.05) is 11.5 Å². The van der Waals surface area contributed by atoms with Crippen LogP contribution < -0.4 is 5.32 Å². The zero-order valence-corrected chi connectivity index (χ0v) is 13.8. The highest BCUT2D eigenvalue weighted by Crippen LogP contribution is 2.24. The molecule has 1 heterocycles. The molecule has 1 fully saturated rings. The monoisotopic (exact) mass is 334 g/mol. The van der Waals surface area contributed by atoms with E-state index in [2.05, 4.69) is 5.32 Å². The van der Waals surface area contributed by atoms with Gasteiger partial charge in [-0.3, -0.25) is 4.79 Å². The molecule has 2 rings (SSSR count). The number of hydrogen-bond acceptors (Lipinski definition) is 5. The van der Waals surface area contributed by atoms with Crippen LogP contribution in [-0.2, 0) is 14.6 Å². The van der Waals surface area contributed by atoms with Crippen molar-refractivity contribution in [3.8, 4) is 11.8 Å². The SMILES string of the molecule is Cc1cc(C=C(C#N)C(=O)NC2CCS(=O)(=O)C2)cc(C)c1O. The van der Waals surface area contributed by atoms with Crippen molar-refractivity contribution in [2.45, 2.75) is 26.3 Å². The number of sulfone groups is 1. The van der Waals surface area contributed by atoms with Crippen molar-refractivity contribution in [1.29, 1.82) is 5.26 Å². The minimum Gasteiger partial charge on any atom is -0.507 e. The molecule has 0 radical (unpaired) electrons. The minimum atomic E-state index is -3.09. The summed E-state index contributed by atoms with van der Waals surface area (Å²) in [6.07, 6.45) is 1.79. The molecule has 1 amide bonds. The molecule has 0 aliphatic carbocycles. The molecule has 122 valence electrons. The van der Waals surface area contributed by atoms with E-state index in [0.29, 0.717) is 23.1 Å². The predicted molar refractivity (Wildman–Crippen MR) is 86.4 cm³/mol. The van der Waals surface area contributed by atoms with Gasteiger partial charge in [0.15, 0.2) is 9.84 Å². The summed E-state index contributed by atoms with van der Waals surface area (Å²) >= 11 is 0. The predicted octanol–water partition coefficient (Wildman–Crippen LogP) is 1.22. The maximum Gasteiger partial charge on any atom is 0.262 e. The molecule has 23 heavy (non-hydrogen) atoms. The normalized spacial score (nSPS) is 20.0. The van der Waals surface area contributed by atoms with Gasteiger partial charge in [-0.05, 0) is 55.2 Å². The number of rotatable bonds is 3. The Bertz CT molecular complexity index is 796. The fourth-order valence-corrected chi connectivity index (χ4v) is 4.23. The molecule has 1 unspecified atom stereocenters. The van der Waals surface area contributed by atoms with E-state index >= 15 is 0 Å². The van der Waals surface area contributed by atoms with Gasteiger partial charge in [0, 0.05) is 6.04 Å². The Hall–Kier alpha value is -2.33. The molecule has 1 aromatic rings. The molecule has 1 atom stereocenters. The molecule has 0 saturated carbocycles. The number of phenolic OH excluding ortho intramolecular Hbond substituents is 1. The van der Waals surface area contributed by atoms with Crippen molar-refractivity contribution >= 4 is 21.8 Å². The molecule has 1 aliphatic heterocycles. The lowest BCUT2D eigenvalue weighted by atomic mass is 10.0. The van der Waals surface area contributed by atoms with Crippen LogP contribution in [0.1, 0.15) is 23.1 Å². The van der Waals surface area contributed by atoms with Gasteiger partial charge in [-0.25, -0.2) is 8.42 Å². The molecule has 6 nitrogen and oxygen atoms in total. The molecule has 0 aromatic heterocycles. The number of amides is 1. The summed E-state index contributed by atoms with van der Waals surface area (Å²) in [6, 6.07) is 4.73. The van der Waals surface area contributed by atoms with Gasteiger partial charge in [0.2, 0.25) is 0 Å². The Morgan fingerprint density at radius 2 is 2.00 bits per heavy atom. The quantitative estimate of drug-likeness (QED) is 0.638. The largest absolute Gasteiger partial charge is 0.507 e. The van der Waals surface area contributed by atoms with Gasteiger partial charge in [0.1, 0.15) is 17.4 Å². The van der Waals surface area contributed by atoms with Crippen LogP contribution >= 0.6 is 0 Å². The van der Waals surface area contributed by atoms with E-state index in [4.69, 9.17) is 0 Å². The first-order chi connectivity index (χ1) is 10.7. The van der Waals surface area contributed by atoms with E-state index in [0.717, 1.165) is 0 Å². The van der Waals surface area contributed by atoms with Gasteiger partial charge < -0.3 is 10.4 Å². The molecule has 0 bridgehead atoms. The number of phenols is 1. The number of benzene rings is 1. The van der Waals surface area contributed by atoms with E-state index in [1.807, 2.05) is 6.07 Å². The zero-order chi connectivity index (χ0) is 17.2. The standard InChI is InChI=1S/C16H18N2O4S/c1-10-5-12(6-11(2)15(10)19)7-13(8-17)16(20)18-14-3-4-23(21,22)9-14/h5-7,14,19H,3-4,9H2,1-2H3,(H,18,20). The smallest absolute Gasteiger partial charge is 0.262 e. The summed E-state index contributed by atoms with van der Waals surface area (Å²) in [7, 11) is -3.09. The summed E-state index contributed by atoms with van der Waals surface area (Å²) in [4.78, 5) is 12.1. The minimum absolute atomic E-state index is 0.0555. The van der Waals surface area contributed by atoms with E-state index in [-0.39, 0.29) is 22.8 Å². The fraction of sp³-hybridized carbons (Fsp3) is 0.375. The zero-order valence-electron chi connectivity index (χ0n) is 13.0. The Morgan fingerprint density at radius 1 is 1.39 bits per heavy atom. The van der Waals surface area contributed by atoms with Crippen LogP contribution in [0.5, 0.6) is 5.75 Å². The molecular weight excluding hydrogens is 316 g/mol. The highest BCUT2D eigenvalue weighted by molar-refractivity contribution is 7.91. The maximum absolute atomic E-state index is 12.1. The molecule has 1 aromatic carbocycles. The average molecular weight is 334 g/mol.